The molecule has 1 aliphatic heterocycles. The Morgan fingerprint density at radius 3 is 2.56 bits per heavy atom. The van der Waals surface area contributed by atoms with E-state index in [1.54, 1.807) is 18.2 Å². The number of nitrogens with zero attached hydrogens (tertiary/aromatic N) is 3. The number of hydrogen-bond acceptors (Lipinski definition) is 6. The molecule has 1 fully saturated rings. The molecule has 1 aromatic heterocycles. The fraction of sp³-hybridized carbons (Fsp3) is 0.333. The number of morpholine rings is 1. The van der Waals surface area contributed by atoms with Gasteiger partial charge in [-0.1, -0.05) is 23.2 Å². The van der Waals surface area contributed by atoms with Crippen LogP contribution < -0.4 is 0 Å². The molecule has 1 saturated heterocycles. The van der Waals surface area contributed by atoms with Gasteiger partial charge in [0, 0.05) is 19.6 Å². The van der Waals surface area contributed by atoms with Crippen molar-refractivity contribution in [1.82, 2.24) is 13.9 Å². The number of aryl methyl sites for hydroxylation is 1. The van der Waals surface area contributed by atoms with Crippen molar-refractivity contribution in [1.29, 1.82) is 0 Å². The SMILES string of the molecule is CCn1c(COC(=O)c2ccc(Cl)c(Cl)c2)nc2cc(S(=O)(=O)N3CCOCC3)ccc21. The van der Waals surface area contributed by atoms with Crippen LogP contribution in [-0.2, 0) is 32.6 Å². The molecule has 3 aromatic rings. The number of rotatable bonds is 6. The number of fused-ring (bicyclic) bond motifs is 1. The van der Waals surface area contributed by atoms with Gasteiger partial charge in [0.1, 0.15) is 12.4 Å². The van der Waals surface area contributed by atoms with Crippen molar-refractivity contribution in [2.24, 2.45) is 0 Å². The second-order valence-electron chi connectivity index (χ2n) is 7.14. The Hall–Kier alpha value is -2.17. The van der Waals surface area contributed by atoms with Gasteiger partial charge in [-0.05, 0) is 43.3 Å². The minimum Gasteiger partial charge on any atom is -0.454 e. The number of ether oxygens (including phenoxy) is 2. The lowest BCUT2D eigenvalue weighted by Crippen LogP contribution is -2.40. The lowest BCUT2D eigenvalue weighted by atomic mass is 10.2. The zero-order valence-corrected chi connectivity index (χ0v) is 19.6. The molecule has 0 spiro atoms. The Kier molecular flexibility index (Phi) is 6.73. The standard InChI is InChI=1S/C21H21Cl2N3O5S/c1-2-26-19-6-4-15(32(28,29)25-7-9-30-10-8-25)12-18(19)24-20(26)13-31-21(27)14-3-5-16(22)17(23)11-14/h3-6,11-12H,2,7-10,13H2,1H3. The topological polar surface area (TPSA) is 90.7 Å². The Bertz CT molecular complexity index is 1270. The number of esters is 1. The Morgan fingerprint density at radius 2 is 1.88 bits per heavy atom. The summed E-state index contributed by atoms with van der Waals surface area (Å²) in [6.07, 6.45) is 0. The van der Waals surface area contributed by atoms with Crippen LogP contribution in [0, 0.1) is 0 Å². The first-order chi connectivity index (χ1) is 15.3. The third-order valence-electron chi connectivity index (χ3n) is 5.21. The number of carbonyl (C=O) groups is 1. The maximum absolute atomic E-state index is 13.0. The summed E-state index contributed by atoms with van der Waals surface area (Å²) in [5.41, 5.74) is 1.55. The van der Waals surface area contributed by atoms with E-state index in [4.69, 9.17) is 32.7 Å². The lowest BCUT2D eigenvalue weighted by molar-refractivity contribution is 0.0458. The van der Waals surface area contributed by atoms with Crippen molar-refractivity contribution in [3.05, 3.63) is 57.8 Å². The third-order valence-corrected chi connectivity index (χ3v) is 7.84. The quantitative estimate of drug-likeness (QED) is 0.481. The van der Waals surface area contributed by atoms with Crippen molar-refractivity contribution < 1.29 is 22.7 Å². The van der Waals surface area contributed by atoms with Crippen molar-refractivity contribution in [3.63, 3.8) is 0 Å². The molecule has 2 heterocycles. The van der Waals surface area contributed by atoms with Gasteiger partial charge in [0.05, 0.1) is 44.8 Å². The summed E-state index contributed by atoms with van der Waals surface area (Å²) in [5, 5.41) is 0.606. The van der Waals surface area contributed by atoms with Gasteiger partial charge in [0.15, 0.2) is 0 Å². The molecule has 0 atom stereocenters. The molecule has 0 amide bonds. The number of halogens is 2. The molecule has 2 aromatic carbocycles. The van der Waals surface area contributed by atoms with Gasteiger partial charge in [0.25, 0.3) is 0 Å². The number of aromatic nitrogens is 2. The molecule has 0 bridgehead atoms. The van der Waals surface area contributed by atoms with Crippen molar-refractivity contribution in [2.45, 2.75) is 25.0 Å². The highest BCUT2D eigenvalue weighted by Crippen LogP contribution is 2.25. The van der Waals surface area contributed by atoms with Crippen LogP contribution in [0.25, 0.3) is 11.0 Å². The zero-order chi connectivity index (χ0) is 22.9. The van der Waals surface area contributed by atoms with Gasteiger partial charge in [-0.25, -0.2) is 18.2 Å². The summed E-state index contributed by atoms with van der Waals surface area (Å²) in [6, 6.07) is 9.35. The van der Waals surface area contributed by atoms with E-state index in [9.17, 15) is 13.2 Å². The number of imidazole rings is 1. The van der Waals surface area contributed by atoms with Crippen LogP contribution in [0.15, 0.2) is 41.3 Å². The summed E-state index contributed by atoms with van der Waals surface area (Å²) in [7, 11) is -3.64. The van der Waals surface area contributed by atoms with Gasteiger partial charge in [-0.3, -0.25) is 0 Å². The molecule has 0 radical (unpaired) electrons. The highest BCUT2D eigenvalue weighted by Gasteiger charge is 2.27. The van der Waals surface area contributed by atoms with Crippen LogP contribution in [-0.4, -0.2) is 54.5 Å². The van der Waals surface area contributed by atoms with E-state index < -0.39 is 16.0 Å². The number of sulfonamides is 1. The van der Waals surface area contributed by atoms with Crippen molar-refractivity contribution in [2.75, 3.05) is 26.3 Å². The molecular formula is C21H21Cl2N3O5S. The first-order valence-electron chi connectivity index (χ1n) is 10.0. The molecule has 170 valence electrons. The van der Waals surface area contributed by atoms with E-state index in [0.717, 1.165) is 5.52 Å². The van der Waals surface area contributed by atoms with E-state index >= 15 is 0 Å². The first-order valence-corrected chi connectivity index (χ1v) is 12.2. The van der Waals surface area contributed by atoms with Gasteiger partial charge < -0.3 is 14.0 Å². The summed E-state index contributed by atoms with van der Waals surface area (Å²) in [6.45, 7) is 3.82. The average Bonchev–Trinajstić information content (AvgIpc) is 3.16. The predicted molar refractivity (Wildman–Crippen MR) is 121 cm³/mol. The maximum atomic E-state index is 13.0. The average molecular weight is 498 g/mol. The zero-order valence-electron chi connectivity index (χ0n) is 17.3. The lowest BCUT2D eigenvalue weighted by Gasteiger charge is -2.26. The van der Waals surface area contributed by atoms with E-state index in [0.29, 0.717) is 49.2 Å². The predicted octanol–water partition coefficient (Wildman–Crippen LogP) is 3.74. The Labute approximate surface area is 195 Å². The number of benzene rings is 2. The van der Waals surface area contributed by atoms with Crippen LogP contribution in [0.2, 0.25) is 10.0 Å². The molecule has 0 aliphatic carbocycles. The highest BCUT2D eigenvalue weighted by atomic mass is 35.5. The monoisotopic (exact) mass is 497 g/mol. The maximum Gasteiger partial charge on any atom is 0.338 e. The minimum atomic E-state index is -3.64. The van der Waals surface area contributed by atoms with E-state index in [2.05, 4.69) is 4.98 Å². The second-order valence-corrected chi connectivity index (χ2v) is 9.90. The Morgan fingerprint density at radius 1 is 1.12 bits per heavy atom. The van der Waals surface area contributed by atoms with E-state index in [1.165, 1.54) is 22.5 Å². The van der Waals surface area contributed by atoms with Crippen LogP contribution >= 0.6 is 23.2 Å². The molecule has 0 N–H and O–H groups in total. The van der Waals surface area contributed by atoms with Gasteiger partial charge in [-0.2, -0.15) is 4.31 Å². The third kappa shape index (κ3) is 4.49. The summed E-state index contributed by atoms with van der Waals surface area (Å²) in [5.74, 6) is -0.0503. The molecule has 1 aliphatic rings. The molecule has 4 rings (SSSR count). The second kappa shape index (κ2) is 9.36. The largest absolute Gasteiger partial charge is 0.454 e. The molecule has 8 nitrogen and oxygen atoms in total. The fourth-order valence-corrected chi connectivity index (χ4v) is 5.28. The number of carbonyl (C=O) groups excluding carboxylic acids is 1. The molecule has 0 saturated carbocycles. The molecule has 11 heteroatoms. The summed E-state index contributed by atoms with van der Waals surface area (Å²) in [4.78, 5) is 17.1. The van der Waals surface area contributed by atoms with Gasteiger partial charge in [-0.15, -0.1) is 0 Å². The fourth-order valence-electron chi connectivity index (χ4n) is 3.56. The first kappa shape index (κ1) is 23.0. The van der Waals surface area contributed by atoms with Crippen LogP contribution in [0.5, 0.6) is 0 Å². The van der Waals surface area contributed by atoms with Crippen molar-refractivity contribution >= 4 is 50.2 Å². The number of hydrogen-bond donors (Lipinski definition) is 0. The molecular weight excluding hydrogens is 477 g/mol. The van der Waals surface area contributed by atoms with E-state index in [1.807, 2.05) is 11.5 Å². The van der Waals surface area contributed by atoms with Crippen LogP contribution in [0.4, 0.5) is 0 Å². The van der Waals surface area contributed by atoms with Crippen molar-refractivity contribution in [3.8, 4) is 0 Å². The normalized spacial score (nSPS) is 15.2. The smallest absolute Gasteiger partial charge is 0.338 e. The highest BCUT2D eigenvalue weighted by molar-refractivity contribution is 7.89. The van der Waals surface area contributed by atoms with Gasteiger partial charge >= 0.3 is 5.97 Å². The van der Waals surface area contributed by atoms with Crippen LogP contribution in [0.3, 0.4) is 0 Å². The minimum absolute atomic E-state index is 0.0762. The summed E-state index contributed by atoms with van der Waals surface area (Å²) >= 11 is 11.9. The summed E-state index contributed by atoms with van der Waals surface area (Å²) < 4.78 is 39.9. The van der Waals surface area contributed by atoms with Gasteiger partial charge in [0.2, 0.25) is 10.0 Å². The van der Waals surface area contributed by atoms with E-state index in [-0.39, 0.29) is 22.1 Å². The molecule has 0 unspecified atom stereocenters. The molecule has 32 heavy (non-hydrogen) atoms. The Balaban J connectivity index is 1.58. The van der Waals surface area contributed by atoms with Crippen LogP contribution in [0.1, 0.15) is 23.1 Å².